The first-order chi connectivity index (χ1) is 7.69. The lowest BCUT2D eigenvalue weighted by Gasteiger charge is -2.07. The Morgan fingerprint density at radius 3 is 2.88 bits per heavy atom. The van der Waals surface area contributed by atoms with E-state index in [2.05, 4.69) is 17.2 Å². The van der Waals surface area contributed by atoms with Gasteiger partial charge in [-0.1, -0.05) is 41.9 Å². The summed E-state index contributed by atoms with van der Waals surface area (Å²) in [5.41, 5.74) is 0.928. The minimum atomic E-state index is 0.558. The van der Waals surface area contributed by atoms with Gasteiger partial charge in [-0.25, -0.2) is 0 Å². The first-order valence-electron chi connectivity index (χ1n) is 5.12. The number of nitrogens with one attached hydrogen (secondary N) is 1. The highest BCUT2D eigenvalue weighted by atomic mass is 35.5. The summed E-state index contributed by atoms with van der Waals surface area (Å²) in [6, 6.07) is 5.49. The van der Waals surface area contributed by atoms with Gasteiger partial charge in [-0.3, -0.25) is 4.99 Å². The largest absolute Gasteiger partial charge is 0.335 e. The molecule has 1 aliphatic heterocycles. The second-order valence-corrected chi connectivity index (χ2v) is 5.65. The highest BCUT2D eigenvalue weighted by Crippen LogP contribution is 2.28. The van der Waals surface area contributed by atoms with Gasteiger partial charge in [-0.05, 0) is 24.6 Å². The van der Waals surface area contributed by atoms with E-state index in [0.717, 1.165) is 23.8 Å². The second-order valence-electron chi connectivity index (χ2n) is 3.55. The number of halogens is 2. The SMILES string of the molecule is CCC1CN=C(Nc2ccc(Cl)c(Cl)c2)S1. The molecule has 0 bridgehead atoms. The standard InChI is InChI=1S/C11H12Cl2N2S/c1-2-8-6-14-11(16-8)15-7-3-4-9(12)10(13)5-7/h3-5,8H,2,6H2,1H3,(H,14,15). The van der Waals surface area contributed by atoms with Gasteiger partial charge in [0.05, 0.1) is 16.6 Å². The summed E-state index contributed by atoms with van der Waals surface area (Å²) in [5.74, 6) is 0. The fourth-order valence-electron chi connectivity index (χ4n) is 1.40. The number of hydrogen-bond acceptors (Lipinski definition) is 3. The van der Waals surface area contributed by atoms with Gasteiger partial charge in [0.1, 0.15) is 0 Å². The molecule has 1 atom stereocenters. The number of anilines is 1. The Balaban J connectivity index is 2.02. The number of thioether (sulfide) groups is 1. The van der Waals surface area contributed by atoms with Crippen molar-refractivity contribution in [3.05, 3.63) is 28.2 Å². The molecule has 1 N–H and O–H groups in total. The quantitative estimate of drug-likeness (QED) is 0.870. The van der Waals surface area contributed by atoms with Crippen molar-refractivity contribution in [3.63, 3.8) is 0 Å². The molecule has 86 valence electrons. The molecule has 2 rings (SSSR count). The molecule has 1 aromatic carbocycles. The second kappa shape index (κ2) is 5.30. The van der Waals surface area contributed by atoms with E-state index in [1.165, 1.54) is 0 Å². The Morgan fingerprint density at radius 1 is 1.44 bits per heavy atom. The van der Waals surface area contributed by atoms with E-state index in [0.29, 0.717) is 15.3 Å². The van der Waals surface area contributed by atoms with Crippen molar-refractivity contribution >= 4 is 45.8 Å². The lowest BCUT2D eigenvalue weighted by molar-refractivity contribution is 0.843. The van der Waals surface area contributed by atoms with Crippen LogP contribution in [-0.4, -0.2) is 17.0 Å². The van der Waals surface area contributed by atoms with E-state index in [4.69, 9.17) is 23.2 Å². The summed E-state index contributed by atoms with van der Waals surface area (Å²) in [6.07, 6.45) is 1.14. The van der Waals surface area contributed by atoms with E-state index >= 15 is 0 Å². The molecule has 0 radical (unpaired) electrons. The van der Waals surface area contributed by atoms with Crippen molar-refractivity contribution in [2.24, 2.45) is 4.99 Å². The highest BCUT2D eigenvalue weighted by molar-refractivity contribution is 8.15. The summed E-state index contributed by atoms with van der Waals surface area (Å²) >= 11 is 13.6. The van der Waals surface area contributed by atoms with Gasteiger partial charge in [0, 0.05) is 10.9 Å². The van der Waals surface area contributed by atoms with Gasteiger partial charge >= 0.3 is 0 Å². The maximum atomic E-state index is 5.94. The molecule has 1 aliphatic rings. The minimum absolute atomic E-state index is 0.558. The zero-order valence-electron chi connectivity index (χ0n) is 8.84. The molecule has 1 aromatic rings. The first-order valence-corrected chi connectivity index (χ1v) is 6.75. The van der Waals surface area contributed by atoms with Crippen LogP contribution in [0.1, 0.15) is 13.3 Å². The third kappa shape index (κ3) is 2.84. The van der Waals surface area contributed by atoms with Crippen LogP contribution in [0.4, 0.5) is 5.69 Å². The molecule has 0 saturated carbocycles. The molecular weight excluding hydrogens is 263 g/mol. The maximum Gasteiger partial charge on any atom is 0.161 e. The predicted molar refractivity (Wildman–Crippen MR) is 74.1 cm³/mol. The van der Waals surface area contributed by atoms with Crippen molar-refractivity contribution in [1.82, 2.24) is 0 Å². The molecule has 5 heteroatoms. The topological polar surface area (TPSA) is 24.4 Å². The van der Waals surface area contributed by atoms with Crippen LogP contribution >= 0.6 is 35.0 Å². The summed E-state index contributed by atoms with van der Waals surface area (Å²) in [5, 5.41) is 5.94. The van der Waals surface area contributed by atoms with Crippen molar-refractivity contribution in [3.8, 4) is 0 Å². The summed E-state index contributed by atoms with van der Waals surface area (Å²) in [4.78, 5) is 4.43. The van der Waals surface area contributed by atoms with Crippen LogP contribution in [0.3, 0.4) is 0 Å². The van der Waals surface area contributed by atoms with Crippen molar-refractivity contribution in [2.75, 3.05) is 11.9 Å². The smallest absolute Gasteiger partial charge is 0.161 e. The van der Waals surface area contributed by atoms with Gasteiger partial charge < -0.3 is 5.32 Å². The fourth-order valence-corrected chi connectivity index (χ4v) is 2.65. The van der Waals surface area contributed by atoms with E-state index in [9.17, 15) is 0 Å². The Kier molecular flexibility index (Phi) is 4.00. The van der Waals surface area contributed by atoms with Gasteiger partial charge in [0.15, 0.2) is 5.17 Å². The van der Waals surface area contributed by atoms with E-state index in [-0.39, 0.29) is 0 Å². The Hall–Kier alpha value is -0.380. The maximum absolute atomic E-state index is 5.94. The van der Waals surface area contributed by atoms with Gasteiger partial charge in [-0.2, -0.15) is 0 Å². The number of rotatable bonds is 2. The molecule has 0 saturated heterocycles. The van der Waals surface area contributed by atoms with Crippen LogP contribution in [0.2, 0.25) is 10.0 Å². The van der Waals surface area contributed by atoms with Gasteiger partial charge in [0.25, 0.3) is 0 Å². The summed E-state index contributed by atoms with van der Waals surface area (Å²) in [6.45, 7) is 3.07. The monoisotopic (exact) mass is 274 g/mol. The van der Waals surface area contributed by atoms with Crippen LogP contribution in [0, 0.1) is 0 Å². The predicted octanol–water partition coefficient (Wildman–Crippen LogP) is 4.29. The third-order valence-corrected chi connectivity index (χ3v) is 4.35. The van der Waals surface area contributed by atoms with Crippen LogP contribution < -0.4 is 5.32 Å². The molecule has 1 heterocycles. The molecule has 0 aromatic heterocycles. The van der Waals surface area contributed by atoms with Gasteiger partial charge in [-0.15, -0.1) is 0 Å². The summed E-state index contributed by atoms with van der Waals surface area (Å²) < 4.78 is 0. The number of benzene rings is 1. The third-order valence-electron chi connectivity index (χ3n) is 2.34. The molecule has 2 nitrogen and oxygen atoms in total. The highest BCUT2D eigenvalue weighted by Gasteiger charge is 2.17. The van der Waals surface area contributed by atoms with E-state index < -0.39 is 0 Å². The van der Waals surface area contributed by atoms with Crippen molar-refractivity contribution < 1.29 is 0 Å². The zero-order chi connectivity index (χ0) is 11.5. The van der Waals surface area contributed by atoms with E-state index in [1.54, 1.807) is 17.8 Å². The lowest BCUT2D eigenvalue weighted by Crippen LogP contribution is -2.06. The Morgan fingerprint density at radius 2 is 2.25 bits per heavy atom. The number of hydrogen-bond donors (Lipinski definition) is 1. The van der Waals surface area contributed by atoms with Crippen molar-refractivity contribution in [2.45, 2.75) is 18.6 Å². The van der Waals surface area contributed by atoms with Crippen LogP contribution in [0.15, 0.2) is 23.2 Å². The minimum Gasteiger partial charge on any atom is -0.335 e. The number of amidine groups is 1. The zero-order valence-corrected chi connectivity index (χ0v) is 11.2. The van der Waals surface area contributed by atoms with Crippen LogP contribution in [0.25, 0.3) is 0 Å². The molecule has 16 heavy (non-hydrogen) atoms. The van der Waals surface area contributed by atoms with E-state index in [1.807, 2.05) is 12.1 Å². The first kappa shape index (κ1) is 12.1. The van der Waals surface area contributed by atoms with Crippen molar-refractivity contribution in [1.29, 1.82) is 0 Å². The average molecular weight is 275 g/mol. The lowest BCUT2D eigenvalue weighted by atomic mass is 10.3. The van der Waals surface area contributed by atoms with Crippen LogP contribution in [-0.2, 0) is 0 Å². The molecular formula is C11H12Cl2N2S. The Bertz CT molecular complexity index is 420. The normalized spacial score (nSPS) is 19.7. The molecule has 0 spiro atoms. The van der Waals surface area contributed by atoms with Crippen LogP contribution in [0.5, 0.6) is 0 Å². The Labute approximate surface area is 109 Å². The molecule has 1 unspecified atom stereocenters. The molecule has 0 amide bonds. The summed E-state index contributed by atoms with van der Waals surface area (Å²) in [7, 11) is 0. The average Bonchev–Trinajstić information content (AvgIpc) is 2.71. The molecule has 0 aliphatic carbocycles. The fraction of sp³-hybridized carbons (Fsp3) is 0.364. The van der Waals surface area contributed by atoms with Gasteiger partial charge in [0.2, 0.25) is 0 Å². The molecule has 0 fully saturated rings. The number of nitrogens with zero attached hydrogens (tertiary/aromatic N) is 1. The number of aliphatic imine (C=N–C) groups is 1.